The molecule has 7 heteroatoms. The third kappa shape index (κ3) is 4.36. The molecule has 1 aromatic heterocycles. The minimum Gasteiger partial charge on any atom is -0.378 e. The van der Waals surface area contributed by atoms with Crippen LogP contribution in [-0.4, -0.2) is 71.4 Å². The van der Waals surface area contributed by atoms with Crippen molar-refractivity contribution in [1.82, 2.24) is 19.7 Å². The fourth-order valence-corrected chi connectivity index (χ4v) is 5.12. The second-order valence-electron chi connectivity index (χ2n) is 7.77. The number of nitrogens with zero attached hydrogens (tertiary/aromatic N) is 5. The lowest BCUT2D eigenvalue weighted by Crippen LogP contribution is -2.38. The number of anilines is 1. The van der Waals surface area contributed by atoms with Crippen molar-refractivity contribution in [2.24, 2.45) is 0 Å². The molecule has 0 aliphatic carbocycles. The van der Waals surface area contributed by atoms with Gasteiger partial charge >= 0.3 is 0 Å². The molecule has 2 aliphatic rings. The number of hydrogen-bond acceptors (Lipinski definition) is 6. The van der Waals surface area contributed by atoms with Gasteiger partial charge in [0.05, 0.1) is 18.9 Å². The van der Waals surface area contributed by atoms with E-state index in [1.165, 1.54) is 43.5 Å². The maximum Gasteiger partial charge on any atom is 0.232 e. The highest BCUT2D eigenvalue weighted by Crippen LogP contribution is 2.30. The zero-order valence-corrected chi connectivity index (χ0v) is 17.8. The lowest BCUT2D eigenvalue weighted by atomic mass is 10.0. The van der Waals surface area contributed by atoms with Gasteiger partial charge in [0, 0.05) is 24.9 Å². The number of thioether (sulfide) groups is 1. The summed E-state index contributed by atoms with van der Waals surface area (Å²) in [6, 6.07) is 9.21. The Hall–Kier alpha value is -1.57. The van der Waals surface area contributed by atoms with Crippen molar-refractivity contribution in [2.75, 3.05) is 50.5 Å². The Labute approximate surface area is 172 Å². The SMILES string of the molecule is Cc1ccccc1-n1c(SCCC2CCCCN2C)nnc1N1CCOCC1. The summed E-state index contributed by atoms with van der Waals surface area (Å²) in [7, 11) is 2.26. The van der Waals surface area contributed by atoms with E-state index in [2.05, 4.69) is 62.8 Å². The molecule has 1 aromatic carbocycles. The third-order valence-electron chi connectivity index (χ3n) is 5.87. The molecule has 0 saturated carbocycles. The van der Waals surface area contributed by atoms with Crippen molar-refractivity contribution < 1.29 is 4.74 Å². The first-order valence-corrected chi connectivity index (χ1v) is 11.4. The number of hydrogen-bond donors (Lipinski definition) is 0. The highest BCUT2D eigenvalue weighted by Gasteiger charge is 2.23. The van der Waals surface area contributed by atoms with Gasteiger partial charge in [0.15, 0.2) is 5.16 Å². The van der Waals surface area contributed by atoms with E-state index in [0.29, 0.717) is 6.04 Å². The summed E-state index contributed by atoms with van der Waals surface area (Å²) in [6.45, 7) is 6.61. The zero-order chi connectivity index (χ0) is 19.3. The predicted octanol–water partition coefficient (Wildman–Crippen LogP) is 3.38. The largest absolute Gasteiger partial charge is 0.378 e. The van der Waals surface area contributed by atoms with Gasteiger partial charge in [0.2, 0.25) is 5.95 Å². The van der Waals surface area contributed by atoms with Gasteiger partial charge in [-0.15, -0.1) is 10.2 Å². The topological polar surface area (TPSA) is 46.4 Å². The normalized spacial score (nSPS) is 21.2. The highest BCUT2D eigenvalue weighted by molar-refractivity contribution is 7.99. The molecular weight excluding hydrogens is 370 g/mol. The number of ether oxygens (including phenoxy) is 1. The molecule has 28 heavy (non-hydrogen) atoms. The van der Waals surface area contributed by atoms with Gasteiger partial charge in [-0.05, 0) is 51.4 Å². The standard InChI is InChI=1S/C21H31N5OS/c1-17-7-3-4-9-19(17)26-20(25-12-14-27-15-13-25)22-23-21(26)28-16-10-18-8-5-6-11-24(18)2/h3-4,7,9,18H,5-6,8,10-16H2,1-2H3. The van der Waals surface area contributed by atoms with Crippen LogP contribution in [-0.2, 0) is 4.74 Å². The lowest BCUT2D eigenvalue weighted by Gasteiger charge is -2.32. The second-order valence-corrected chi connectivity index (χ2v) is 8.83. The molecule has 0 spiro atoms. The number of morpholine rings is 1. The number of aromatic nitrogens is 3. The number of para-hydroxylation sites is 1. The summed E-state index contributed by atoms with van der Waals surface area (Å²) >= 11 is 1.84. The Morgan fingerprint density at radius 3 is 2.71 bits per heavy atom. The van der Waals surface area contributed by atoms with Crippen molar-refractivity contribution in [3.8, 4) is 5.69 Å². The minimum absolute atomic E-state index is 0.704. The average molecular weight is 402 g/mol. The predicted molar refractivity (Wildman–Crippen MR) is 115 cm³/mol. The monoisotopic (exact) mass is 401 g/mol. The first-order chi connectivity index (χ1) is 13.7. The van der Waals surface area contributed by atoms with Crippen LogP contribution < -0.4 is 4.90 Å². The van der Waals surface area contributed by atoms with E-state index in [9.17, 15) is 0 Å². The molecule has 3 heterocycles. The Balaban J connectivity index is 1.54. The Kier molecular flexibility index (Phi) is 6.54. The summed E-state index contributed by atoms with van der Waals surface area (Å²) in [4.78, 5) is 4.82. The van der Waals surface area contributed by atoms with Crippen LogP contribution in [0.15, 0.2) is 29.4 Å². The molecule has 0 amide bonds. The Bertz CT molecular complexity index is 774. The number of piperidine rings is 1. The summed E-state index contributed by atoms with van der Waals surface area (Å²) in [5.74, 6) is 2.01. The molecule has 152 valence electrons. The average Bonchev–Trinajstić information content (AvgIpc) is 3.14. The van der Waals surface area contributed by atoms with Crippen LogP contribution in [0.5, 0.6) is 0 Å². The highest BCUT2D eigenvalue weighted by atomic mass is 32.2. The van der Waals surface area contributed by atoms with E-state index in [4.69, 9.17) is 4.74 Å². The van der Waals surface area contributed by atoms with E-state index in [1.807, 2.05) is 11.8 Å². The van der Waals surface area contributed by atoms with Crippen molar-refractivity contribution in [3.05, 3.63) is 29.8 Å². The molecular formula is C21H31N5OS. The molecule has 0 bridgehead atoms. The smallest absolute Gasteiger partial charge is 0.232 e. The molecule has 2 saturated heterocycles. The van der Waals surface area contributed by atoms with E-state index in [0.717, 1.165) is 43.2 Å². The van der Waals surface area contributed by atoms with Crippen LogP contribution in [0.4, 0.5) is 5.95 Å². The van der Waals surface area contributed by atoms with Gasteiger partial charge < -0.3 is 14.5 Å². The van der Waals surface area contributed by atoms with Crippen molar-refractivity contribution in [2.45, 2.75) is 43.8 Å². The fourth-order valence-electron chi connectivity index (χ4n) is 4.14. The van der Waals surface area contributed by atoms with Gasteiger partial charge in [0.1, 0.15) is 0 Å². The molecule has 0 N–H and O–H groups in total. The van der Waals surface area contributed by atoms with E-state index in [-0.39, 0.29) is 0 Å². The van der Waals surface area contributed by atoms with Crippen LogP contribution in [0.1, 0.15) is 31.2 Å². The number of aryl methyl sites for hydroxylation is 1. The van der Waals surface area contributed by atoms with Crippen LogP contribution in [0.3, 0.4) is 0 Å². The first kappa shape index (κ1) is 19.7. The molecule has 0 radical (unpaired) electrons. The van der Waals surface area contributed by atoms with Crippen LogP contribution in [0, 0.1) is 6.92 Å². The summed E-state index contributed by atoms with van der Waals surface area (Å²) < 4.78 is 7.78. The molecule has 1 atom stereocenters. The molecule has 4 rings (SSSR count). The number of rotatable bonds is 6. The van der Waals surface area contributed by atoms with Gasteiger partial charge in [-0.1, -0.05) is 36.4 Å². The zero-order valence-electron chi connectivity index (χ0n) is 17.0. The number of likely N-dealkylation sites (tertiary alicyclic amines) is 1. The first-order valence-electron chi connectivity index (χ1n) is 10.4. The maximum atomic E-state index is 5.53. The third-order valence-corrected chi connectivity index (χ3v) is 6.83. The quantitative estimate of drug-likeness (QED) is 0.692. The van der Waals surface area contributed by atoms with E-state index in [1.54, 1.807) is 0 Å². The van der Waals surface area contributed by atoms with E-state index >= 15 is 0 Å². The van der Waals surface area contributed by atoms with Crippen molar-refractivity contribution in [3.63, 3.8) is 0 Å². The second kappa shape index (κ2) is 9.29. The minimum atomic E-state index is 0.704. The summed E-state index contributed by atoms with van der Waals surface area (Å²) in [5, 5.41) is 10.2. The molecule has 2 aliphatic heterocycles. The fraction of sp³-hybridized carbons (Fsp3) is 0.619. The van der Waals surface area contributed by atoms with Crippen LogP contribution in [0.25, 0.3) is 5.69 Å². The van der Waals surface area contributed by atoms with Crippen molar-refractivity contribution >= 4 is 17.7 Å². The Morgan fingerprint density at radius 2 is 1.93 bits per heavy atom. The summed E-state index contributed by atoms with van der Waals surface area (Å²) in [5.41, 5.74) is 2.41. The Morgan fingerprint density at radius 1 is 1.11 bits per heavy atom. The maximum absolute atomic E-state index is 5.53. The van der Waals surface area contributed by atoms with E-state index < -0.39 is 0 Å². The number of benzene rings is 1. The van der Waals surface area contributed by atoms with Gasteiger partial charge in [-0.3, -0.25) is 4.57 Å². The molecule has 6 nitrogen and oxygen atoms in total. The lowest BCUT2D eigenvalue weighted by molar-refractivity contribution is 0.122. The van der Waals surface area contributed by atoms with Crippen LogP contribution >= 0.6 is 11.8 Å². The molecule has 1 unspecified atom stereocenters. The van der Waals surface area contributed by atoms with Crippen molar-refractivity contribution in [1.29, 1.82) is 0 Å². The van der Waals surface area contributed by atoms with Gasteiger partial charge in [-0.25, -0.2) is 0 Å². The summed E-state index contributed by atoms with van der Waals surface area (Å²) in [6.07, 6.45) is 5.22. The van der Waals surface area contributed by atoms with Gasteiger partial charge in [0.25, 0.3) is 0 Å². The van der Waals surface area contributed by atoms with Gasteiger partial charge in [-0.2, -0.15) is 0 Å². The van der Waals surface area contributed by atoms with Crippen LogP contribution in [0.2, 0.25) is 0 Å². The molecule has 2 aromatic rings. The molecule has 2 fully saturated rings.